The number of nitrogens with zero attached hydrogens (tertiary/aromatic N) is 2. The van der Waals surface area contributed by atoms with Gasteiger partial charge in [-0.2, -0.15) is 0 Å². The molecule has 1 N–H and O–H groups in total. The standard InChI is InChI=1S/C24H29N3O3S/c1-4-22-26-21-9-7-6-8-20(21)23(28)27(22)15-14-25-18-10-12-19(13-11-18)31-16-17(3)24(29)30-5-2/h6-13,17,25H,4-5,14-16H2,1-3H3. The lowest BCUT2D eigenvalue weighted by molar-refractivity contribution is -0.146. The Balaban J connectivity index is 1.57. The van der Waals surface area contributed by atoms with Crippen LogP contribution in [0.5, 0.6) is 0 Å². The Kier molecular flexibility index (Phi) is 8.12. The normalized spacial score (nSPS) is 12.0. The fraction of sp³-hybridized carbons (Fsp3) is 0.375. The van der Waals surface area contributed by atoms with E-state index < -0.39 is 0 Å². The minimum Gasteiger partial charge on any atom is -0.466 e. The number of carbonyl (C=O) groups is 1. The summed E-state index contributed by atoms with van der Waals surface area (Å²) >= 11 is 1.64. The van der Waals surface area contributed by atoms with Gasteiger partial charge >= 0.3 is 5.97 Å². The number of aromatic nitrogens is 2. The van der Waals surface area contributed by atoms with Gasteiger partial charge in [-0.3, -0.25) is 14.2 Å². The predicted octanol–water partition coefficient (Wildman–Crippen LogP) is 4.36. The van der Waals surface area contributed by atoms with E-state index in [0.29, 0.717) is 37.3 Å². The molecule has 0 aliphatic heterocycles. The van der Waals surface area contributed by atoms with E-state index in [1.54, 1.807) is 16.3 Å². The molecule has 0 amide bonds. The number of rotatable bonds is 10. The number of para-hydroxylation sites is 1. The quantitative estimate of drug-likeness (QED) is 0.374. The molecule has 0 bridgehead atoms. The number of anilines is 1. The van der Waals surface area contributed by atoms with Crippen LogP contribution in [0.3, 0.4) is 0 Å². The van der Waals surface area contributed by atoms with Gasteiger partial charge in [0, 0.05) is 35.8 Å². The molecule has 0 aliphatic rings. The minimum atomic E-state index is -0.154. The first-order valence-electron chi connectivity index (χ1n) is 10.6. The average molecular weight is 440 g/mol. The Hall–Kier alpha value is -2.80. The highest BCUT2D eigenvalue weighted by molar-refractivity contribution is 7.99. The van der Waals surface area contributed by atoms with Crippen LogP contribution in [-0.4, -0.2) is 34.4 Å². The maximum absolute atomic E-state index is 12.9. The number of hydrogen-bond acceptors (Lipinski definition) is 6. The molecule has 1 aromatic heterocycles. The van der Waals surface area contributed by atoms with Crippen LogP contribution in [0.15, 0.2) is 58.2 Å². The van der Waals surface area contributed by atoms with Crippen molar-refractivity contribution in [3.8, 4) is 0 Å². The zero-order valence-corrected chi connectivity index (χ0v) is 19.1. The van der Waals surface area contributed by atoms with Gasteiger partial charge in [0.15, 0.2) is 0 Å². The van der Waals surface area contributed by atoms with E-state index in [9.17, 15) is 9.59 Å². The number of nitrogens with one attached hydrogen (secondary N) is 1. The van der Waals surface area contributed by atoms with Gasteiger partial charge in [0.25, 0.3) is 5.56 Å². The molecule has 0 saturated heterocycles. The van der Waals surface area contributed by atoms with Gasteiger partial charge in [0.1, 0.15) is 5.82 Å². The monoisotopic (exact) mass is 439 g/mol. The van der Waals surface area contributed by atoms with E-state index in [1.807, 2.05) is 69.3 Å². The van der Waals surface area contributed by atoms with Crippen molar-refractivity contribution in [2.45, 2.75) is 38.6 Å². The Morgan fingerprint density at radius 3 is 2.61 bits per heavy atom. The van der Waals surface area contributed by atoms with Crippen LogP contribution in [0.4, 0.5) is 5.69 Å². The fourth-order valence-electron chi connectivity index (χ4n) is 3.27. The van der Waals surface area contributed by atoms with Crippen molar-refractivity contribution in [3.63, 3.8) is 0 Å². The maximum Gasteiger partial charge on any atom is 0.309 e. The van der Waals surface area contributed by atoms with Gasteiger partial charge in [-0.05, 0) is 43.3 Å². The molecule has 0 saturated carbocycles. The third-order valence-corrected chi connectivity index (χ3v) is 6.24. The number of fused-ring (bicyclic) bond motifs is 1. The molecule has 7 heteroatoms. The molecule has 6 nitrogen and oxygen atoms in total. The summed E-state index contributed by atoms with van der Waals surface area (Å²) in [6, 6.07) is 15.6. The van der Waals surface area contributed by atoms with Crippen LogP contribution in [0.25, 0.3) is 10.9 Å². The molecule has 1 unspecified atom stereocenters. The molecular weight excluding hydrogens is 410 g/mol. The predicted molar refractivity (Wildman–Crippen MR) is 127 cm³/mol. The summed E-state index contributed by atoms with van der Waals surface area (Å²) in [7, 11) is 0. The zero-order chi connectivity index (χ0) is 22.2. The lowest BCUT2D eigenvalue weighted by Gasteiger charge is -2.14. The van der Waals surface area contributed by atoms with Crippen LogP contribution >= 0.6 is 11.8 Å². The van der Waals surface area contributed by atoms with E-state index in [2.05, 4.69) is 10.3 Å². The summed E-state index contributed by atoms with van der Waals surface area (Å²) in [4.78, 5) is 30.3. The van der Waals surface area contributed by atoms with Crippen molar-refractivity contribution in [1.29, 1.82) is 0 Å². The van der Waals surface area contributed by atoms with E-state index in [-0.39, 0.29) is 17.4 Å². The first kappa shape index (κ1) is 22.9. The summed E-state index contributed by atoms with van der Waals surface area (Å²) < 4.78 is 6.81. The highest BCUT2D eigenvalue weighted by Crippen LogP contribution is 2.23. The van der Waals surface area contributed by atoms with Crippen molar-refractivity contribution in [2.75, 3.05) is 24.2 Å². The summed E-state index contributed by atoms with van der Waals surface area (Å²) in [5, 5.41) is 4.03. The number of benzene rings is 2. The molecule has 31 heavy (non-hydrogen) atoms. The van der Waals surface area contributed by atoms with Gasteiger partial charge in [0.2, 0.25) is 0 Å². The second-order valence-electron chi connectivity index (χ2n) is 7.27. The van der Waals surface area contributed by atoms with Crippen molar-refractivity contribution < 1.29 is 9.53 Å². The van der Waals surface area contributed by atoms with Crippen molar-refractivity contribution >= 4 is 34.3 Å². The first-order valence-corrected chi connectivity index (χ1v) is 11.6. The highest BCUT2D eigenvalue weighted by atomic mass is 32.2. The van der Waals surface area contributed by atoms with Crippen LogP contribution in [0, 0.1) is 5.92 Å². The third kappa shape index (κ3) is 5.88. The Labute approximate surface area is 187 Å². The number of hydrogen-bond donors (Lipinski definition) is 1. The summed E-state index contributed by atoms with van der Waals surface area (Å²) in [5.74, 6) is 1.19. The number of ether oxygens (including phenoxy) is 1. The van der Waals surface area contributed by atoms with Crippen molar-refractivity contribution in [3.05, 3.63) is 64.7 Å². The number of thioether (sulfide) groups is 1. The molecule has 0 spiro atoms. The molecule has 164 valence electrons. The average Bonchev–Trinajstić information content (AvgIpc) is 2.79. The third-order valence-electron chi connectivity index (χ3n) is 4.96. The van der Waals surface area contributed by atoms with Crippen molar-refractivity contribution in [1.82, 2.24) is 9.55 Å². The largest absolute Gasteiger partial charge is 0.466 e. The highest BCUT2D eigenvalue weighted by Gasteiger charge is 2.14. The van der Waals surface area contributed by atoms with Crippen molar-refractivity contribution in [2.24, 2.45) is 5.92 Å². The second-order valence-corrected chi connectivity index (χ2v) is 8.36. The van der Waals surface area contributed by atoms with Crippen LogP contribution in [-0.2, 0) is 22.5 Å². The van der Waals surface area contributed by atoms with Gasteiger partial charge in [-0.1, -0.05) is 26.0 Å². The lowest BCUT2D eigenvalue weighted by atomic mass is 10.2. The number of carbonyl (C=O) groups excluding carboxylic acids is 1. The molecule has 3 aromatic rings. The summed E-state index contributed by atoms with van der Waals surface area (Å²) in [6.07, 6.45) is 0.705. The molecular formula is C24H29N3O3S. The maximum atomic E-state index is 12.9. The van der Waals surface area contributed by atoms with Gasteiger partial charge < -0.3 is 10.1 Å². The van der Waals surface area contributed by atoms with Crippen LogP contribution in [0.1, 0.15) is 26.6 Å². The van der Waals surface area contributed by atoms with Crippen LogP contribution < -0.4 is 10.9 Å². The smallest absolute Gasteiger partial charge is 0.309 e. The molecule has 2 aromatic carbocycles. The zero-order valence-electron chi connectivity index (χ0n) is 18.3. The molecule has 0 aliphatic carbocycles. The Bertz CT molecular complexity index is 1080. The minimum absolute atomic E-state index is 0.00622. The Morgan fingerprint density at radius 1 is 1.16 bits per heavy atom. The molecule has 0 radical (unpaired) electrons. The van der Waals surface area contributed by atoms with E-state index in [1.165, 1.54) is 0 Å². The first-order chi connectivity index (χ1) is 15.0. The Morgan fingerprint density at radius 2 is 1.90 bits per heavy atom. The summed E-state index contributed by atoms with van der Waals surface area (Å²) in [6.45, 7) is 7.30. The van der Waals surface area contributed by atoms with E-state index >= 15 is 0 Å². The van der Waals surface area contributed by atoms with E-state index in [4.69, 9.17) is 4.74 Å². The number of esters is 1. The summed E-state index contributed by atoms with van der Waals surface area (Å²) in [5.41, 5.74) is 1.74. The number of aryl methyl sites for hydroxylation is 1. The molecule has 1 heterocycles. The molecule has 1 atom stereocenters. The topological polar surface area (TPSA) is 73.2 Å². The van der Waals surface area contributed by atoms with E-state index in [0.717, 1.165) is 21.9 Å². The van der Waals surface area contributed by atoms with Crippen LogP contribution in [0.2, 0.25) is 0 Å². The SMILES string of the molecule is CCOC(=O)C(C)CSc1ccc(NCCn2c(CC)nc3ccccc3c2=O)cc1. The van der Waals surface area contributed by atoms with Gasteiger partial charge in [0.05, 0.1) is 23.4 Å². The lowest BCUT2D eigenvalue weighted by Crippen LogP contribution is -2.28. The fourth-order valence-corrected chi connectivity index (χ4v) is 4.18. The molecule has 3 rings (SSSR count). The second kappa shape index (κ2) is 11.0. The molecule has 0 fully saturated rings. The van der Waals surface area contributed by atoms with Gasteiger partial charge in [-0.15, -0.1) is 11.8 Å². The van der Waals surface area contributed by atoms with Gasteiger partial charge in [-0.25, -0.2) is 4.98 Å².